The summed E-state index contributed by atoms with van der Waals surface area (Å²) in [4.78, 5) is 4.57. The highest BCUT2D eigenvalue weighted by Gasteiger charge is 2.47. The zero-order valence-electron chi connectivity index (χ0n) is 11.3. The van der Waals surface area contributed by atoms with Crippen LogP contribution < -0.4 is 11.1 Å². The van der Waals surface area contributed by atoms with Crippen LogP contribution in [0.1, 0.15) is 31.7 Å². The van der Waals surface area contributed by atoms with Crippen LogP contribution in [0.3, 0.4) is 0 Å². The van der Waals surface area contributed by atoms with Crippen LogP contribution in [0.2, 0.25) is 0 Å². The van der Waals surface area contributed by atoms with Crippen LogP contribution in [0.25, 0.3) is 0 Å². The Morgan fingerprint density at radius 3 is 2.89 bits per heavy atom. The summed E-state index contributed by atoms with van der Waals surface area (Å²) in [6, 6.07) is 8.83. The van der Waals surface area contributed by atoms with Crippen LogP contribution in [0.15, 0.2) is 29.3 Å². The summed E-state index contributed by atoms with van der Waals surface area (Å²) in [5, 5.41) is 3.20. The van der Waals surface area contributed by atoms with Gasteiger partial charge in [0, 0.05) is 5.69 Å². The second-order valence-electron chi connectivity index (χ2n) is 5.50. The molecule has 104 valence electrons. The average molecular weight is 371 g/mol. The molecule has 1 aromatic carbocycles. The van der Waals surface area contributed by atoms with E-state index in [1.54, 1.807) is 0 Å². The first kappa shape index (κ1) is 14.6. The number of hydrogen-bond donors (Lipinski definition) is 2. The number of nitrogens with one attached hydrogen (secondary N) is 1. The van der Waals surface area contributed by atoms with E-state index < -0.39 is 0 Å². The van der Waals surface area contributed by atoms with Gasteiger partial charge in [-0.2, -0.15) is 0 Å². The number of rotatable bonds is 4. The fourth-order valence-corrected chi connectivity index (χ4v) is 2.61. The maximum atomic E-state index is 5.96. The Labute approximate surface area is 132 Å². The molecule has 19 heavy (non-hydrogen) atoms. The van der Waals surface area contributed by atoms with Crippen molar-refractivity contribution in [1.29, 1.82) is 0 Å². The van der Waals surface area contributed by atoms with E-state index in [1.165, 1.54) is 24.8 Å². The average Bonchev–Trinajstić information content (AvgIpc) is 3.22. The lowest BCUT2D eigenvalue weighted by molar-refractivity contribution is 0.686. The minimum Gasteiger partial charge on any atom is -0.370 e. The molecule has 0 saturated heterocycles. The van der Waals surface area contributed by atoms with E-state index in [9.17, 15) is 0 Å². The molecule has 1 aromatic rings. The lowest BCUT2D eigenvalue weighted by atomic mass is 10.1. The minimum atomic E-state index is 0. The highest BCUT2D eigenvalue weighted by molar-refractivity contribution is 14.0. The van der Waals surface area contributed by atoms with E-state index in [1.807, 2.05) is 6.07 Å². The molecule has 0 spiro atoms. The maximum Gasteiger partial charge on any atom is 0.193 e. The van der Waals surface area contributed by atoms with Gasteiger partial charge in [-0.05, 0) is 55.2 Å². The highest BCUT2D eigenvalue weighted by Crippen LogP contribution is 2.51. The Morgan fingerprint density at radius 2 is 2.21 bits per heavy atom. The van der Waals surface area contributed by atoms with Crippen molar-refractivity contribution in [2.45, 2.75) is 38.6 Å². The number of aliphatic imine (C=N–C) groups is 1. The number of nitrogens with two attached hydrogens (primary N) is 1. The molecule has 2 aliphatic carbocycles. The van der Waals surface area contributed by atoms with Gasteiger partial charge in [0.15, 0.2) is 5.96 Å². The quantitative estimate of drug-likeness (QED) is 0.484. The van der Waals surface area contributed by atoms with Crippen LogP contribution >= 0.6 is 24.0 Å². The highest BCUT2D eigenvalue weighted by atomic mass is 127. The lowest BCUT2D eigenvalue weighted by Crippen LogP contribution is -2.23. The van der Waals surface area contributed by atoms with Gasteiger partial charge in [0.1, 0.15) is 0 Å². The Balaban J connectivity index is 0.00000133. The van der Waals surface area contributed by atoms with Crippen LogP contribution in [-0.2, 0) is 6.42 Å². The number of halogens is 1. The maximum absolute atomic E-state index is 5.96. The number of nitrogens with zero attached hydrogens (tertiary/aromatic N) is 1. The predicted octanol–water partition coefficient (Wildman–Crippen LogP) is 3.39. The summed E-state index contributed by atoms with van der Waals surface area (Å²) in [6.45, 7) is 2.15. The standard InChI is InChI=1S/C15H21N3.HI/c1-2-10-4-3-5-12(8-10)17-15(16)18-14-9-13(14)11-6-7-11;/h3-5,8,11,13-14H,2,6-7,9H2,1H3,(H3,16,17,18);1H/t13-,14+;/m0./s1. The number of benzene rings is 1. The number of aryl methyl sites for hydroxylation is 1. The van der Waals surface area contributed by atoms with Crippen LogP contribution in [-0.4, -0.2) is 12.0 Å². The SMILES string of the molecule is CCc1cccc(NC(N)=N[C@@H]2C[C@H]2C2CC2)c1.I. The largest absolute Gasteiger partial charge is 0.370 e. The molecule has 0 aromatic heterocycles. The molecule has 0 heterocycles. The molecule has 0 radical (unpaired) electrons. The third-order valence-electron chi connectivity index (χ3n) is 3.94. The van der Waals surface area contributed by atoms with Gasteiger partial charge in [0.05, 0.1) is 6.04 Å². The summed E-state index contributed by atoms with van der Waals surface area (Å²) < 4.78 is 0. The topological polar surface area (TPSA) is 50.4 Å². The molecule has 4 heteroatoms. The number of hydrogen-bond acceptors (Lipinski definition) is 1. The molecule has 0 amide bonds. The van der Waals surface area contributed by atoms with E-state index in [0.29, 0.717) is 12.0 Å². The van der Waals surface area contributed by atoms with Gasteiger partial charge >= 0.3 is 0 Å². The van der Waals surface area contributed by atoms with Crippen molar-refractivity contribution in [3.8, 4) is 0 Å². The Morgan fingerprint density at radius 1 is 1.42 bits per heavy atom. The Bertz CT molecular complexity index is 468. The Kier molecular flexibility index (Phi) is 4.71. The second kappa shape index (κ2) is 6.11. The summed E-state index contributed by atoms with van der Waals surface area (Å²) in [6.07, 6.45) is 5.09. The van der Waals surface area contributed by atoms with E-state index >= 15 is 0 Å². The number of guanidine groups is 1. The summed E-state index contributed by atoms with van der Waals surface area (Å²) in [7, 11) is 0. The molecule has 3 rings (SSSR count). The van der Waals surface area contributed by atoms with E-state index in [-0.39, 0.29) is 24.0 Å². The third-order valence-corrected chi connectivity index (χ3v) is 3.94. The first-order chi connectivity index (χ1) is 8.76. The molecular weight excluding hydrogens is 349 g/mol. The number of anilines is 1. The zero-order valence-corrected chi connectivity index (χ0v) is 13.6. The normalized spacial score (nSPS) is 25.6. The van der Waals surface area contributed by atoms with E-state index in [0.717, 1.165) is 23.9 Å². The molecular formula is C15H22IN3. The van der Waals surface area contributed by atoms with E-state index in [2.05, 4.69) is 35.4 Å². The fourth-order valence-electron chi connectivity index (χ4n) is 2.61. The third kappa shape index (κ3) is 3.84. The summed E-state index contributed by atoms with van der Waals surface area (Å²) in [5.74, 6) is 2.35. The molecule has 2 aliphatic rings. The minimum absolute atomic E-state index is 0. The van der Waals surface area contributed by atoms with Gasteiger partial charge in [-0.15, -0.1) is 24.0 Å². The van der Waals surface area contributed by atoms with Crippen LogP contribution in [0.4, 0.5) is 5.69 Å². The van der Waals surface area contributed by atoms with Gasteiger partial charge in [-0.25, -0.2) is 4.99 Å². The van der Waals surface area contributed by atoms with Gasteiger partial charge in [0.25, 0.3) is 0 Å². The zero-order chi connectivity index (χ0) is 12.5. The van der Waals surface area contributed by atoms with Crippen molar-refractivity contribution in [3.63, 3.8) is 0 Å². The van der Waals surface area contributed by atoms with Gasteiger partial charge in [0.2, 0.25) is 0 Å². The van der Waals surface area contributed by atoms with Crippen LogP contribution in [0, 0.1) is 11.8 Å². The van der Waals surface area contributed by atoms with Crippen molar-refractivity contribution in [2.75, 3.05) is 5.32 Å². The molecule has 2 saturated carbocycles. The van der Waals surface area contributed by atoms with Gasteiger partial charge < -0.3 is 11.1 Å². The first-order valence-electron chi connectivity index (χ1n) is 6.95. The Hall–Kier alpha value is -0.780. The monoisotopic (exact) mass is 371 g/mol. The smallest absolute Gasteiger partial charge is 0.193 e. The van der Waals surface area contributed by atoms with Crippen LogP contribution in [0.5, 0.6) is 0 Å². The van der Waals surface area contributed by atoms with Crippen molar-refractivity contribution in [1.82, 2.24) is 0 Å². The molecule has 0 bridgehead atoms. The van der Waals surface area contributed by atoms with Gasteiger partial charge in [-0.1, -0.05) is 19.1 Å². The molecule has 0 unspecified atom stereocenters. The van der Waals surface area contributed by atoms with E-state index in [4.69, 9.17) is 5.73 Å². The first-order valence-corrected chi connectivity index (χ1v) is 6.95. The summed E-state index contributed by atoms with van der Waals surface area (Å²) >= 11 is 0. The fraction of sp³-hybridized carbons (Fsp3) is 0.533. The second-order valence-corrected chi connectivity index (χ2v) is 5.50. The lowest BCUT2D eigenvalue weighted by Gasteiger charge is -2.07. The molecule has 3 nitrogen and oxygen atoms in total. The van der Waals surface area contributed by atoms with Crippen molar-refractivity contribution >= 4 is 35.6 Å². The molecule has 3 N–H and O–H groups in total. The van der Waals surface area contributed by atoms with Gasteiger partial charge in [-0.3, -0.25) is 0 Å². The predicted molar refractivity (Wildman–Crippen MR) is 91.1 cm³/mol. The summed E-state index contributed by atoms with van der Waals surface area (Å²) in [5.41, 5.74) is 8.32. The van der Waals surface area contributed by atoms with Crippen molar-refractivity contribution in [3.05, 3.63) is 29.8 Å². The molecule has 2 atom stereocenters. The molecule has 2 fully saturated rings. The van der Waals surface area contributed by atoms with Crippen molar-refractivity contribution < 1.29 is 0 Å². The molecule has 0 aliphatic heterocycles. The van der Waals surface area contributed by atoms with Crippen molar-refractivity contribution in [2.24, 2.45) is 22.6 Å².